The van der Waals surface area contributed by atoms with E-state index in [0.29, 0.717) is 40.2 Å². The number of benzene rings is 1. The molecule has 9 heteroatoms. The fourth-order valence-electron chi connectivity index (χ4n) is 1.86. The lowest BCUT2D eigenvalue weighted by Gasteiger charge is -2.11. The van der Waals surface area contributed by atoms with Crippen molar-refractivity contribution >= 4 is 39.5 Å². The van der Waals surface area contributed by atoms with E-state index in [-0.39, 0.29) is 5.71 Å². The molecule has 0 aliphatic rings. The third-order valence-electron chi connectivity index (χ3n) is 3.06. The number of amides is 1. The minimum atomic E-state index is -1.11. The highest BCUT2D eigenvalue weighted by Crippen LogP contribution is 2.15. The van der Waals surface area contributed by atoms with E-state index in [0.717, 1.165) is 11.5 Å². The Morgan fingerprint density at radius 1 is 1.42 bits per heavy atom. The number of hydrogen-bond acceptors (Lipinski definition) is 7. The van der Waals surface area contributed by atoms with Crippen LogP contribution in [0.15, 0.2) is 29.2 Å². The first kappa shape index (κ1) is 18.5. The number of aryl methyl sites for hydroxylation is 1. The molecule has 0 saturated carbocycles. The van der Waals surface area contributed by atoms with E-state index < -0.39 is 17.1 Å². The van der Waals surface area contributed by atoms with Gasteiger partial charge in [-0.1, -0.05) is 0 Å². The van der Waals surface area contributed by atoms with Crippen LogP contribution in [0.5, 0.6) is 0 Å². The van der Waals surface area contributed by atoms with Crippen LogP contribution in [-0.2, 0) is 20.7 Å². The van der Waals surface area contributed by atoms with Crippen LogP contribution in [0.3, 0.4) is 0 Å². The monoisotopic (exact) mass is 366 g/mol. The zero-order valence-corrected chi connectivity index (χ0v) is 15.0. The highest BCUT2D eigenvalue weighted by Gasteiger charge is 2.16. The minimum Gasteiger partial charge on any atom is -0.611 e. The summed E-state index contributed by atoms with van der Waals surface area (Å²) in [5.41, 5.74) is 0.269. The van der Waals surface area contributed by atoms with E-state index in [1.165, 1.54) is 0 Å². The smallest absolute Gasteiger partial charge is 0.275 e. The molecule has 24 heavy (non-hydrogen) atoms. The quantitative estimate of drug-likeness (QED) is 0.422. The van der Waals surface area contributed by atoms with Gasteiger partial charge in [0.15, 0.2) is 4.90 Å². The van der Waals surface area contributed by atoms with Gasteiger partial charge in [-0.2, -0.15) is 4.37 Å². The molecular weight excluding hydrogens is 348 g/mol. The highest BCUT2D eigenvalue weighted by atomic mass is 32.2. The molecule has 1 aromatic heterocycles. The molecule has 1 heterocycles. The molecule has 2 rings (SSSR count). The van der Waals surface area contributed by atoms with Crippen LogP contribution < -0.4 is 5.32 Å². The van der Waals surface area contributed by atoms with Crippen LogP contribution in [-0.4, -0.2) is 45.0 Å². The third-order valence-corrected chi connectivity index (χ3v) is 5.24. The first-order valence-corrected chi connectivity index (χ1v) is 9.28. The van der Waals surface area contributed by atoms with Crippen molar-refractivity contribution in [2.75, 3.05) is 24.8 Å². The maximum absolute atomic E-state index is 12.1. The Hall–Kier alpha value is -1.81. The Kier molecular flexibility index (Phi) is 6.85. The van der Waals surface area contributed by atoms with Gasteiger partial charge in [0, 0.05) is 30.6 Å². The number of anilines is 1. The van der Waals surface area contributed by atoms with Crippen molar-refractivity contribution in [1.29, 1.82) is 5.41 Å². The molecule has 1 aromatic carbocycles. The largest absolute Gasteiger partial charge is 0.611 e. The van der Waals surface area contributed by atoms with Crippen molar-refractivity contribution in [3.8, 4) is 0 Å². The van der Waals surface area contributed by atoms with Gasteiger partial charge < -0.3 is 9.29 Å². The van der Waals surface area contributed by atoms with Gasteiger partial charge in [0.05, 0.1) is 6.61 Å². The van der Waals surface area contributed by atoms with Gasteiger partial charge in [-0.25, -0.2) is 4.98 Å². The highest BCUT2D eigenvalue weighted by molar-refractivity contribution is 7.91. The fourth-order valence-corrected chi connectivity index (χ4v) is 3.49. The van der Waals surface area contributed by atoms with Crippen molar-refractivity contribution in [2.45, 2.75) is 18.2 Å². The number of ether oxygens (including phenoxy) is 1. The second-order valence-corrected chi connectivity index (χ2v) is 7.22. The third kappa shape index (κ3) is 5.10. The van der Waals surface area contributed by atoms with Crippen molar-refractivity contribution in [3.63, 3.8) is 0 Å². The van der Waals surface area contributed by atoms with Gasteiger partial charge in [0.1, 0.15) is 17.3 Å². The maximum atomic E-state index is 12.1. The SMILES string of the molecule is COCCC[S+]([O-])c1ccc(C(=N)C(=O)Nc2nc(C)ns2)cc1. The molecule has 0 fully saturated rings. The number of methoxy groups -OCH3 is 1. The second kappa shape index (κ2) is 8.88. The molecule has 128 valence electrons. The van der Waals surface area contributed by atoms with Crippen molar-refractivity contribution in [2.24, 2.45) is 0 Å². The van der Waals surface area contributed by atoms with Crippen LogP contribution in [0.4, 0.5) is 5.13 Å². The Bertz CT molecular complexity index is 703. The summed E-state index contributed by atoms with van der Waals surface area (Å²) in [7, 11) is 1.61. The average molecular weight is 366 g/mol. The molecule has 1 atom stereocenters. The molecule has 7 nitrogen and oxygen atoms in total. The van der Waals surface area contributed by atoms with Gasteiger partial charge in [0.2, 0.25) is 5.13 Å². The van der Waals surface area contributed by atoms with Crippen LogP contribution in [0.1, 0.15) is 17.8 Å². The summed E-state index contributed by atoms with van der Waals surface area (Å²) < 4.78 is 21.0. The summed E-state index contributed by atoms with van der Waals surface area (Å²) in [5, 5.41) is 10.9. The lowest BCUT2D eigenvalue weighted by Crippen LogP contribution is -2.23. The number of rotatable bonds is 8. The molecule has 0 saturated heterocycles. The molecule has 0 aliphatic heterocycles. The molecular formula is C15H18N4O3S2. The van der Waals surface area contributed by atoms with Crippen LogP contribution in [0, 0.1) is 12.3 Å². The van der Waals surface area contributed by atoms with E-state index in [2.05, 4.69) is 14.7 Å². The summed E-state index contributed by atoms with van der Waals surface area (Å²) in [6, 6.07) is 6.60. The lowest BCUT2D eigenvalue weighted by atomic mass is 10.1. The molecule has 1 amide bonds. The van der Waals surface area contributed by atoms with Gasteiger partial charge in [0.25, 0.3) is 5.91 Å². The number of hydrogen-bond donors (Lipinski definition) is 2. The Labute approximate surface area is 147 Å². The van der Waals surface area contributed by atoms with E-state index in [4.69, 9.17) is 10.1 Å². The van der Waals surface area contributed by atoms with Crippen LogP contribution in [0.25, 0.3) is 0 Å². The Morgan fingerprint density at radius 3 is 2.71 bits per heavy atom. The van der Waals surface area contributed by atoms with E-state index in [1.54, 1.807) is 38.3 Å². The number of carbonyl (C=O) groups is 1. The molecule has 2 N–H and O–H groups in total. The topological polar surface area (TPSA) is 111 Å². The van der Waals surface area contributed by atoms with Gasteiger partial charge in [-0.3, -0.25) is 15.5 Å². The van der Waals surface area contributed by atoms with Crippen LogP contribution >= 0.6 is 11.5 Å². The number of nitrogens with one attached hydrogen (secondary N) is 2. The zero-order valence-electron chi connectivity index (χ0n) is 13.4. The molecule has 0 spiro atoms. The maximum Gasteiger partial charge on any atom is 0.275 e. The minimum absolute atomic E-state index is 0.181. The van der Waals surface area contributed by atoms with Gasteiger partial charge >= 0.3 is 0 Å². The van der Waals surface area contributed by atoms with Gasteiger partial charge in [-0.15, -0.1) is 0 Å². The summed E-state index contributed by atoms with van der Waals surface area (Å²) in [6.45, 7) is 2.29. The zero-order chi connectivity index (χ0) is 17.5. The van der Waals surface area contributed by atoms with Gasteiger partial charge in [-0.05, 0) is 42.4 Å². The summed E-state index contributed by atoms with van der Waals surface area (Å²) in [5.74, 6) is 0.531. The normalized spacial score (nSPS) is 12.0. The Balaban J connectivity index is 1.96. The predicted octanol–water partition coefficient (Wildman–Crippen LogP) is 2.00. The first-order valence-electron chi connectivity index (χ1n) is 7.19. The molecule has 2 aromatic rings. The van der Waals surface area contributed by atoms with E-state index in [9.17, 15) is 9.35 Å². The molecule has 0 radical (unpaired) electrons. The molecule has 0 aliphatic carbocycles. The van der Waals surface area contributed by atoms with Crippen LogP contribution in [0.2, 0.25) is 0 Å². The molecule has 1 unspecified atom stereocenters. The van der Waals surface area contributed by atoms with Crippen molar-refractivity contribution in [1.82, 2.24) is 9.36 Å². The van der Waals surface area contributed by atoms with Crippen molar-refractivity contribution in [3.05, 3.63) is 35.7 Å². The fraction of sp³-hybridized carbons (Fsp3) is 0.333. The number of nitrogens with zero attached hydrogens (tertiary/aromatic N) is 2. The predicted molar refractivity (Wildman–Crippen MR) is 94.3 cm³/mol. The first-order chi connectivity index (χ1) is 11.5. The Morgan fingerprint density at radius 2 is 2.12 bits per heavy atom. The van der Waals surface area contributed by atoms with E-state index >= 15 is 0 Å². The standard InChI is InChI=1S/C15H18N4O3S2/c1-10-17-15(23-19-10)18-14(20)13(16)11-4-6-12(7-5-11)24(21)9-3-8-22-2/h4-7,16H,3,8-9H2,1-2H3,(H,17,18,19,20). The lowest BCUT2D eigenvalue weighted by molar-refractivity contribution is -0.110. The molecule has 0 bridgehead atoms. The second-order valence-electron chi connectivity index (χ2n) is 4.90. The number of carbonyl (C=O) groups excluding carboxylic acids is 1. The summed E-state index contributed by atoms with van der Waals surface area (Å²) in [6.07, 6.45) is 0.713. The summed E-state index contributed by atoms with van der Waals surface area (Å²) >= 11 is -0.0474. The number of aromatic nitrogens is 2. The average Bonchev–Trinajstić information content (AvgIpc) is 2.99. The van der Waals surface area contributed by atoms with Crippen molar-refractivity contribution < 1.29 is 14.1 Å². The van der Waals surface area contributed by atoms with E-state index in [1.807, 2.05) is 0 Å². The summed E-state index contributed by atoms with van der Waals surface area (Å²) in [4.78, 5) is 16.7.